The Morgan fingerprint density at radius 3 is 2.60 bits per heavy atom. The number of carboxylic acid groups (broad SMARTS) is 1. The number of anilines is 1. The summed E-state index contributed by atoms with van der Waals surface area (Å²) in [6.07, 6.45) is 2.19. The zero-order valence-electron chi connectivity index (χ0n) is 12.3. The number of aryl methyl sites for hydroxylation is 1. The van der Waals surface area contributed by atoms with E-state index in [1.807, 2.05) is 0 Å². The van der Waals surface area contributed by atoms with E-state index >= 15 is 0 Å². The van der Waals surface area contributed by atoms with E-state index in [2.05, 4.69) is 33.9 Å². The number of hydrogen-bond donors (Lipinski definition) is 1. The maximum absolute atomic E-state index is 11.0. The first-order chi connectivity index (χ1) is 9.45. The van der Waals surface area contributed by atoms with Gasteiger partial charge in [-0.2, -0.15) is 0 Å². The topological polar surface area (TPSA) is 69.6 Å². The molecule has 110 valence electrons. The van der Waals surface area contributed by atoms with Crippen LogP contribution < -0.4 is 4.90 Å². The fraction of sp³-hybridized carbons (Fsp3) is 0.643. The summed E-state index contributed by atoms with van der Waals surface area (Å²) < 4.78 is 0. The minimum atomic E-state index is -1.00. The van der Waals surface area contributed by atoms with Crippen LogP contribution in [0.1, 0.15) is 29.0 Å². The number of carboxylic acids is 1. The molecule has 1 saturated heterocycles. The van der Waals surface area contributed by atoms with Gasteiger partial charge in [0.15, 0.2) is 5.69 Å². The van der Waals surface area contributed by atoms with Crippen molar-refractivity contribution in [2.45, 2.75) is 19.8 Å². The van der Waals surface area contributed by atoms with Gasteiger partial charge in [0.1, 0.15) is 0 Å². The summed E-state index contributed by atoms with van der Waals surface area (Å²) in [6.45, 7) is 4.68. The van der Waals surface area contributed by atoms with Gasteiger partial charge in [0.25, 0.3) is 0 Å². The lowest BCUT2D eigenvalue weighted by atomic mass is 9.97. The second kappa shape index (κ2) is 6.17. The number of piperidine rings is 1. The summed E-state index contributed by atoms with van der Waals surface area (Å²) in [7, 11) is 4.18. The van der Waals surface area contributed by atoms with Crippen LogP contribution >= 0.6 is 0 Å². The quantitative estimate of drug-likeness (QED) is 0.894. The normalized spacial score (nSPS) is 16.7. The average Bonchev–Trinajstić information content (AvgIpc) is 2.38. The van der Waals surface area contributed by atoms with Crippen LogP contribution in [-0.4, -0.2) is 59.7 Å². The van der Waals surface area contributed by atoms with E-state index in [9.17, 15) is 4.79 Å². The molecule has 1 fully saturated rings. The van der Waals surface area contributed by atoms with Gasteiger partial charge in [-0.1, -0.05) is 0 Å². The van der Waals surface area contributed by atoms with Gasteiger partial charge in [-0.3, -0.25) is 0 Å². The first-order valence-corrected chi connectivity index (χ1v) is 6.94. The van der Waals surface area contributed by atoms with E-state index in [0.717, 1.165) is 32.5 Å². The first-order valence-electron chi connectivity index (χ1n) is 6.94. The number of hydrogen-bond acceptors (Lipinski definition) is 5. The minimum absolute atomic E-state index is 0.0721. The first kappa shape index (κ1) is 14.7. The van der Waals surface area contributed by atoms with E-state index < -0.39 is 5.97 Å². The molecule has 0 radical (unpaired) electrons. The summed E-state index contributed by atoms with van der Waals surface area (Å²) in [5.74, 6) is 0.245. The molecule has 1 aromatic heterocycles. The lowest BCUT2D eigenvalue weighted by Crippen LogP contribution is -2.38. The van der Waals surface area contributed by atoms with Crippen molar-refractivity contribution < 1.29 is 9.90 Å². The van der Waals surface area contributed by atoms with Gasteiger partial charge in [-0.15, -0.1) is 0 Å². The second-order valence-corrected chi connectivity index (χ2v) is 5.69. The van der Waals surface area contributed by atoms with Crippen molar-refractivity contribution >= 4 is 11.9 Å². The Kier molecular flexibility index (Phi) is 4.54. The Bertz CT molecular complexity index is 482. The SMILES string of the molecule is Cc1cc(C(=O)O)nc(N2CCC(CN(C)C)CC2)n1. The molecule has 0 aliphatic carbocycles. The van der Waals surface area contributed by atoms with Crippen LogP contribution in [0.5, 0.6) is 0 Å². The van der Waals surface area contributed by atoms with E-state index in [-0.39, 0.29) is 5.69 Å². The summed E-state index contributed by atoms with van der Waals surface area (Å²) in [6, 6.07) is 1.50. The summed E-state index contributed by atoms with van der Waals surface area (Å²) in [4.78, 5) is 23.9. The Morgan fingerprint density at radius 2 is 2.05 bits per heavy atom. The molecular weight excluding hydrogens is 256 g/mol. The number of nitrogens with zero attached hydrogens (tertiary/aromatic N) is 4. The molecule has 0 atom stereocenters. The molecule has 1 aromatic rings. The van der Waals surface area contributed by atoms with Crippen LogP contribution in [0.2, 0.25) is 0 Å². The number of rotatable bonds is 4. The molecule has 2 heterocycles. The standard InChI is InChI=1S/C14H22N4O2/c1-10-8-12(13(19)20)16-14(15-10)18-6-4-11(5-7-18)9-17(2)3/h8,11H,4-7,9H2,1-3H3,(H,19,20). The molecule has 0 spiro atoms. The highest BCUT2D eigenvalue weighted by molar-refractivity contribution is 5.85. The number of aromatic nitrogens is 2. The molecule has 1 N–H and O–H groups in total. The van der Waals surface area contributed by atoms with Gasteiger partial charge >= 0.3 is 5.97 Å². The van der Waals surface area contributed by atoms with Crippen LogP contribution in [-0.2, 0) is 0 Å². The number of carbonyl (C=O) groups is 1. The smallest absolute Gasteiger partial charge is 0.354 e. The molecule has 1 aliphatic heterocycles. The van der Waals surface area contributed by atoms with Crippen molar-refractivity contribution in [3.63, 3.8) is 0 Å². The predicted octanol–water partition coefficient (Wildman–Crippen LogP) is 1.26. The molecule has 2 rings (SSSR count). The lowest BCUT2D eigenvalue weighted by Gasteiger charge is -2.33. The maximum atomic E-state index is 11.0. The zero-order valence-corrected chi connectivity index (χ0v) is 12.3. The summed E-state index contributed by atoms with van der Waals surface area (Å²) >= 11 is 0. The van der Waals surface area contributed by atoms with Crippen LogP contribution in [0.15, 0.2) is 6.07 Å². The van der Waals surface area contributed by atoms with Gasteiger partial charge in [0.05, 0.1) is 0 Å². The predicted molar refractivity (Wildman–Crippen MR) is 77.2 cm³/mol. The third-order valence-electron chi connectivity index (χ3n) is 3.58. The Labute approximate surface area is 119 Å². The van der Waals surface area contributed by atoms with Crippen LogP contribution in [0.4, 0.5) is 5.95 Å². The van der Waals surface area contributed by atoms with Crippen molar-refractivity contribution in [1.82, 2.24) is 14.9 Å². The average molecular weight is 278 g/mol. The molecule has 0 bridgehead atoms. The third-order valence-corrected chi connectivity index (χ3v) is 3.58. The van der Waals surface area contributed by atoms with Crippen molar-refractivity contribution in [2.24, 2.45) is 5.92 Å². The summed E-state index contributed by atoms with van der Waals surface area (Å²) in [5.41, 5.74) is 0.769. The summed E-state index contributed by atoms with van der Waals surface area (Å²) in [5, 5.41) is 9.06. The van der Waals surface area contributed by atoms with Crippen LogP contribution in [0, 0.1) is 12.8 Å². The molecule has 1 aliphatic rings. The fourth-order valence-electron chi connectivity index (χ4n) is 2.64. The third kappa shape index (κ3) is 3.66. The van der Waals surface area contributed by atoms with Gasteiger partial charge < -0.3 is 14.9 Å². The van der Waals surface area contributed by atoms with E-state index in [1.54, 1.807) is 6.92 Å². The molecule has 6 nitrogen and oxygen atoms in total. The van der Waals surface area contributed by atoms with Gasteiger partial charge in [-0.05, 0) is 45.8 Å². The second-order valence-electron chi connectivity index (χ2n) is 5.69. The molecule has 0 amide bonds. The Morgan fingerprint density at radius 1 is 1.40 bits per heavy atom. The zero-order chi connectivity index (χ0) is 14.7. The number of aromatic carboxylic acids is 1. The van der Waals surface area contributed by atoms with Crippen molar-refractivity contribution in [3.8, 4) is 0 Å². The maximum Gasteiger partial charge on any atom is 0.354 e. The highest BCUT2D eigenvalue weighted by Crippen LogP contribution is 2.21. The molecule has 0 aromatic carbocycles. The van der Waals surface area contributed by atoms with Crippen molar-refractivity contribution in [1.29, 1.82) is 0 Å². The van der Waals surface area contributed by atoms with Gasteiger partial charge in [-0.25, -0.2) is 14.8 Å². The van der Waals surface area contributed by atoms with E-state index in [4.69, 9.17) is 5.11 Å². The van der Waals surface area contributed by atoms with Crippen LogP contribution in [0.25, 0.3) is 0 Å². The van der Waals surface area contributed by atoms with Crippen LogP contribution in [0.3, 0.4) is 0 Å². The molecule has 20 heavy (non-hydrogen) atoms. The monoisotopic (exact) mass is 278 g/mol. The van der Waals surface area contributed by atoms with Gasteiger partial charge in [0.2, 0.25) is 5.95 Å². The minimum Gasteiger partial charge on any atom is -0.477 e. The molecule has 0 saturated carbocycles. The Hall–Kier alpha value is -1.69. The Balaban J connectivity index is 2.05. The molecule has 6 heteroatoms. The fourth-order valence-corrected chi connectivity index (χ4v) is 2.64. The largest absolute Gasteiger partial charge is 0.477 e. The van der Waals surface area contributed by atoms with Crippen molar-refractivity contribution in [2.75, 3.05) is 38.6 Å². The van der Waals surface area contributed by atoms with E-state index in [0.29, 0.717) is 17.6 Å². The van der Waals surface area contributed by atoms with Gasteiger partial charge in [0, 0.05) is 25.3 Å². The highest BCUT2D eigenvalue weighted by atomic mass is 16.4. The molecule has 0 unspecified atom stereocenters. The van der Waals surface area contributed by atoms with E-state index in [1.165, 1.54) is 6.07 Å². The molecular formula is C14H22N4O2. The lowest BCUT2D eigenvalue weighted by molar-refractivity contribution is 0.0690. The highest BCUT2D eigenvalue weighted by Gasteiger charge is 2.22. The van der Waals surface area contributed by atoms with Crippen molar-refractivity contribution in [3.05, 3.63) is 17.5 Å².